The van der Waals surface area contributed by atoms with Crippen molar-refractivity contribution in [3.63, 3.8) is 0 Å². The van der Waals surface area contributed by atoms with Gasteiger partial charge in [0.05, 0.1) is 5.39 Å². The lowest BCUT2D eigenvalue weighted by molar-refractivity contribution is 1.23. The van der Waals surface area contributed by atoms with E-state index in [-0.39, 0.29) is 12.4 Å². The Morgan fingerprint density at radius 2 is 1.77 bits per heavy atom. The third-order valence-corrected chi connectivity index (χ3v) is 5.58. The lowest BCUT2D eigenvalue weighted by Crippen LogP contribution is -1.96. The van der Waals surface area contributed by atoms with E-state index in [9.17, 15) is 0 Å². The number of rotatable bonds is 3. The molecule has 4 aromatic rings. The minimum absolute atomic E-state index is 0. The summed E-state index contributed by atoms with van der Waals surface area (Å²) >= 11 is 7.95. The van der Waals surface area contributed by atoms with E-state index in [0.29, 0.717) is 0 Å². The molecule has 6 heteroatoms. The normalized spacial score (nSPS) is 10.6. The highest BCUT2D eigenvalue weighted by Crippen LogP contribution is 2.41. The molecule has 26 heavy (non-hydrogen) atoms. The quantitative estimate of drug-likeness (QED) is 0.410. The Morgan fingerprint density at radius 3 is 2.50 bits per heavy atom. The van der Waals surface area contributed by atoms with Crippen LogP contribution in [-0.4, -0.2) is 9.97 Å². The predicted molar refractivity (Wildman–Crippen MR) is 114 cm³/mol. The van der Waals surface area contributed by atoms with Gasteiger partial charge in [0.2, 0.25) is 0 Å². The first-order chi connectivity index (χ1) is 12.1. The molecule has 2 heterocycles. The van der Waals surface area contributed by atoms with E-state index in [0.717, 1.165) is 32.3 Å². The van der Waals surface area contributed by atoms with E-state index in [4.69, 9.17) is 11.6 Å². The van der Waals surface area contributed by atoms with Crippen LogP contribution < -0.4 is 5.32 Å². The van der Waals surface area contributed by atoms with Crippen LogP contribution in [0, 0.1) is 13.8 Å². The van der Waals surface area contributed by atoms with Gasteiger partial charge in [0, 0.05) is 21.2 Å². The van der Waals surface area contributed by atoms with Crippen LogP contribution in [0.5, 0.6) is 0 Å². The van der Waals surface area contributed by atoms with Crippen molar-refractivity contribution in [2.24, 2.45) is 0 Å². The van der Waals surface area contributed by atoms with Gasteiger partial charge in [-0.3, -0.25) is 0 Å². The molecule has 0 aliphatic rings. The summed E-state index contributed by atoms with van der Waals surface area (Å²) in [6.45, 7) is 4.12. The number of aryl methyl sites for hydroxylation is 2. The van der Waals surface area contributed by atoms with Crippen molar-refractivity contribution in [3.8, 4) is 11.1 Å². The number of fused-ring (bicyclic) bond motifs is 1. The molecule has 0 spiro atoms. The topological polar surface area (TPSA) is 37.8 Å². The zero-order chi connectivity index (χ0) is 17.4. The summed E-state index contributed by atoms with van der Waals surface area (Å²) in [4.78, 5) is 11.2. The van der Waals surface area contributed by atoms with Gasteiger partial charge in [0.1, 0.15) is 17.0 Å². The smallest absolute Gasteiger partial charge is 0.143 e. The molecule has 132 valence electrons. The highest BCUT2D eigenvalue weighted by molar-refractivity contribution is 7.19. The summed E-state index contributed by atoms with van der Waals surface area (Å²) in [6, 6.07) is 16.3. The van der Waals surface area contributed by atoms with Crippen molar-refractivity contribution < 1.29 is 0 Å². The lowest BCUT2D eigenvalue weighted by Gasteiger charge is -2.10. The van der Waals surface area contributed by atoms with E-state index in [2.05, 4.69) is 46.5 Å². The minimum Gasteiger partial charge on any atom is -0.340 e. The number of hydrogen-bond donors (Lipinski definition) is 1. The largest absolute Gasteiger partial charge is 0.340 e. The highest BCUT2D eigenvalue weighted by atomic mass is 35.5. The van der Waals surface area contributed by atoms with Gasteiger partial charge in [-0.25, -0.2) is 9.97 Å². The number of nitrogens with one attached hydrogen (secondary N) is 1. The molecule has 0 fully saturated rings. The van der Waals surface area contributed by atoms with Gasteiger partial charge in [-0.1, -0.05) is 48.0 Å². The molecular formula is C20H17Cl2N3S. The molecular weight excluding hydrogens is 385 g/mol. The summed E-state index contributed by atoms with van der Waals surface area (Å²) in [5.41, 5.74) is 4.32. The van der Waals surface area contributed by atoms with Gasteiger partial charge >= 0.3 is 0 Å². The van der Waals surface area contributed by atoms with Crippen LogP contribution in [-0.2, 0) is 0 Å². The molecule has 0 amide bonds. The van der Waals surface area contributed by atoms with Crippen molar-refractivity contribution in [3.05, 3.63) is 70.3 Å². The van der Waals surface area contributed by atoms with Crippen LogP contribution in [0.2, 0.25) is 5.02 Å². The van der Waals surface area contributed by atoms with Crippen molar-refractivity contribution in [2.75, 3.05) is 5.32 Å². The molecule has 3 nitrogen and oxygen atoms in total. The fraction of sp³-hybridized carbons (Fsp3) is 0.100. The van der Waals surface area contributed by atoms with Crippen LogP contribution >= 0.6 is 35.3 Å². The first kappa shape index (κ1) is 18.6. The standard InChI is InChI=1S/C20H16ClN3S.ClH/c1-12-8-9-15(10-16(12)21)24-19-18-17(14-6-4-3-5-7-14)13(2)25-20(18)23-11-22-19;/h3-11H,1-2H3,(H,22,23,24);1H. The number of hydrogen-bond acceptors (Lipinski definition) is 4. The number of anilines is 2. The molecule has 2 aromatic heterocycles. The summed E-state index contributed by atoms with van der Waals surface area (Å²) in [6.07, 6.45) is 1.60. The van der Waals surface area contributed by atoms with Crippen molar-refractivity contribution in [1.82, 2.24) is 9.97 Å². The van der Waals surface area contributed by atoms with Crippen molar-refractivity contribution in [1.29, 1.82) is 0 Å². The third-order valence-electron chi connectivity index (χ3n) is 4.16. The Labute approximate surface area is 167 Å². The van der Waals surface area contributed by atoms with E-state index < -0.39 is 0 Å². The SMILES string of the molecule is Cc1ccc(Nc2ncnc3sc(C)c(-c4ccccc4)c23)cc1Cl.Cl. The van der Waals surface area contributed by atoms with E-state index in [1.165, 1.54) is 16.0 Å². The zero-order valence-corrected chi connectivity index (χ0v) is 16.7. The average molecular weight is 402 g/mol. The highest BCUT2D eigenvalue weighted by Gasteiger charge is 2.16. The molecule has 4 rings (SSSR count). The molecule has 0 radical (unpaired) electrons. The number of thiophene rings is 1. The number of nitrogens with zero attached hydrogens (tertiary/aromatic N) is 2. The molecule has 0 saturated carbocycles. The minimum atomic E-state index is 0. The third kappa shape index (κ3) is 3.40. The Hall–Kier alpha value is -2.14. The first-order valence-electron chi connectivity index (χ1n) is 7.96. The molecule has 0 aliphatic heterocycles. The number of halogens is 2. The van der Waals surface area contributed by atoms with Crippen LogP contribution in [0.3, 0.4) is 0 Å². The van der Waals surface area contributed by atoms with E-state index >= 15 is 0 Å². The maximum Gasteiger partial charge on any atom is 0.143 e. The Balaban J connectivity index is 0.00000196. The second kappa shape index (κ2) is 7.62. The average Bonchev–Trinajstić information content (AvgIpc) is 2.96. The zero-order valence-electron chi connectivity index (χ0n) is 14.3. The molecule has 0 saturated heterocycles. The van der Waals surface area contributed by atoms with Gasteiger partial charge in [0.15, 0.2) is 0 Å². The first-order valence-corrected chi connectivity index (χ1v) is 9.15. The fourth-order valence-corrected chi connectivity index (χ4v) is 4.09. The predicted octanol–water partition coefficient (Wildman–Crippen LogP) is 6.79. The monoisotopic (exact) mass is 401 g/mol. The Bertz CT molecular complexity index is 1060. The van der Waals surface area contributed by atoms with Crippen LogP contribution in [0.1, 0.15) is 10.4 Å². The molecule has 1 N–H and O–H groups in total. The maximum absolute atomic E-state index is 6.26. The molecule has 0 bridgehead atoms. The van der Waals surface area contributed by atoms with E-state index in [1.807, 2.05) is 31.2 Å². The van der Waals surface area contributed by atoms with E-state index in [1.54, 1.807) is 17.7 Å². The maximum atomic E-state index is 6.26. The fourth-order valence-electron chi connectivity index (χ4n) is 2.90. The number of aromatic nitrogens is 2. The summed E-state index contributed by atoms with van der Waals surface area (Å²) in [7, 11) is 0. The molecule has 2 aromatic carbocycles. The van der Waals surface area contributed by atoms with Gasteiger partial charge in [0.25, 0.3) is 0 Å². The van der Waals surface area contributed by atoms with Gasteiger partial charge in [-0.05, 0) is 37.1 Å². The number of benzene rings is 2. The van der Waals surface area contributed by atoms with Gasteiger partial charge in [-0.2, -0.15) is 0 Å². The lowest BCUT2D eigenvalue weighted by atomic mass is 10.0. The Morgan fingerprint density at radius 1 is 1.00 bits per heavy atom. The summed E-state index contributed by atoms with van der Waals surface area (Å²) < 4.78 is 0. The molecule has 0 unspecified atom stereocenters. The molecule has 0 aliphatic carbocycles. The van der Waals surface area contributed by atoms with Crippen molar-refractivity contribution in [2.45, 2.75) is 13.8 Å². The van der Waals surface area contributed by atoms with Gasteiger partial charge in [-0.15, -0.1) is 23.7 Å². The van der Waals surface area contributed by atoms with Crippen molar-refractivity contribution >= 4 is 57.1 Å². The van der Waals surface area contributed by atoms with Gasteiger partial charge < -0.3 is 5.32 Å². The van der Waals surface area contributed by atoms with Crippen LogP contribution in [0.15, 0.2) is 54.9 Å². The summed E-state index contributed by atoms with van der Waals surface area (Å²) in [5.74, 6) is 0.799. The summed E-state index contributed by atoms with van der Waals surface area (Å²) in [5, 5.41) is 5.19. The second-order valence-electron chi connectivity index (χ2n) is 5.89. The van der Waals surface area contributed by atoms with Crippen LogP contribution in [0.4, 0.5) is 11.5 Å². The Kier molecular flexibility index (Phi) is 5.47. The molecule has 0 atom stereocenters. The second-order valence-corrected chi connectivity index (χ2v) is 7.50. The van der Waals surface area contributed by atoms with Crippen LogP contribution in [0.25, 0.3) is 21.3 Å².